The van der Waals surface area contributed by atoms with Crippen LogP contribution in [0.3, 0.4) is 0 Å². The number of hydrazone groups is 1. The molecule has 1 aromatic rings. The number of nitro groups is 1. The molecule has 0 unspecified atom stereocenters. The predicted octanol–water partition coefficient (Wildman–Crippen LogP) is 2.11. The van der Waals surface area contributed by atoms with E-state index in [1.54, 1.807) is 6.92 Å². The number of carbonyl (C=O) groups excluding carboxylic acids is 1. The van der Waals surface area contributed by atoms with E-state index in [1.807, 2.05) is 6.92 Å². The molecule has 6 heteroatoms. The lowest BCUT2D eigenvalue weighted by Gasteiger charge is -2.00. The molecule has 1 N–H and O–H groups in total. The molecule has 6 nitrogen and oxygen atoms in total. The van der Waals surface area contributed by atoms with Crippen molar-refractivity contribution in [3.8, 4) is 0 Å². The van der Waals surface area contributed by atoms with Crippen LogP contribution >= 0.6 is 0 Å². The molecule has 0 aliphatic rings. The molecule has 0 saturated carbocycles. The van der Waals surface area contributed by atoms with Gasteiger partial charge in [0.2, 0.25) is 0 Å². The molecular weight excluding hydrogens is 222 g/mol. The Kier molecular flexibility index (Phi) is 4.33. The van der Waals surface area contributed by atoms with Crippen LogP contribution in [0.15, 0.2) is 29.4 Å². The Bertz CT molecular complexity index is 452. The summed E-state index contributed by atoms with van der Waals surface area (Å²) in [6.45, 7) is 3.73. The Hall–Kier alpha value is -2.24. The lowest BCUT2D eigenvalue weighted by atomic mass is 10.2. The van der Waals surface area contributed by atoms with Crippen molar-refractivity contribution < 1.29 is 9.72 Å². The van der Waals surface area contributed by atoms with Crippen LogP contribution in [0.2, 0.25) is 0 Å². The number of rotatable bonds is 4. The fraction of sp³-hybridized carbons (Fsp3) is 0.273. The standard InChI is InChI=1S/C11H13N3O3/c1-3-8(2)12-13-11(15)9-4-6-10(7-5-9)14(16)17/h4-7H,3H2,1-2H3,(H,13,15). The van der Waals surface area contributed by atoms with Gasteiger partial charge < -0.3 is 0 Å². The van der Waals surface area contributed by atoms with Crippen LogP contribution in [0.25, 0.3) is 0 Å². The lowest BCUT2D eigenvalue weighted by Crippen LogP contribution is -2.18. The molecule has 0 aliphatic heterocycles. The van der Waals surface area contributed by atoms with Gasteiger partial charge in [0.1, 0.15) is 0 Å². The largest absolute Gasteiger partial charge is 0.271 e. The van der Waals surface area contributed by atoms with Gasteiger partial charge in [-0.15, -0.1) is 0 Å². The van der Waals surface area contributed by atoms with E-state index in [4.69, 9.17) is 0 Å². The van der Waals surface area contributed by atoms with Gasteiger partial charge in [0.05, 0.1) is 4.92 Å². The van der Waals surface area contributed by atoms with E-state index in [0.29, 0.717) is 5.56 Å². The topological polar surface area (TPSA) is 84.6 Å². The van der Waals surface area contributed by atoms with Gasteiger partial charge in [-0.3, -0.25) is 14.9 Å². The van der Waals surface area contributed by atoms with Crippen LogP contribution < -0.4 is 5.43 Å². The maximum absolute atomic E-state index is 11.6. The Morgan fingerprint density at radius 3 is 2.47 bits per heavy atom. The van der Waals surface area contributed by atoms with Gasteiger partial charge in [0.15, 0.2) is 0 Å². The molecule has 90 valence electrons. The summed E-state index contributed by atoms with van der Waals surface area (Å²) in [5.41, 5.74) is 3.47. The predicted molar refractivity (Wildman–Crippen MR) is 64.0 cm³/mol. The molecule has 1 amide bonds. The number of non-ortho nitro benzene ring substituents is 1. The number of nitrogens with one attached hydrogen (secondary N) is 1. The summed E-state index contributed by atoms with van der Waals surface area (Å²) in [4.78, 5) is 21.5. The molecule has 0 fully saturated rings. The van der Waals surface area contributed by atoms with Crippen LogP contribution in [-0.4, -0.2) is 16.5 Å². The van der Waals surface area contributed by atoms with E-state index in [2.05, 4.69) is 10.5 Å². The fourth-order valence-corrected chi connectivity index (χ4v) is 1.02. The van der Waals surface area contributed by atoms with Crippen molar-refractivity contribution in [3.63, 3.8) is 0 Å². The summed E-state index contributed by atoms with van der Waals surface area (Å²) in [5, 5.41) is 14.3. The minimum atomic E-state index is -0.513. The molecule has 1 aromatic carbocycles. The minimum Gasteiger partial charge on any atom is -0.267 e. The van der Waals surface area contributed by atoms with E-state index in [-0.39, 0.29) is 11.6 Å². The highest BCUT2D eigenvalue weighted by Crippen LogP contribution is 2.11. The Labute approximate surface area is 98.5 Å². The number of nitro benzene ring substituents is 1. The number of nitrogens with zero attached hydrogens (tertiary/aromatic N) is 2. The summed E-state index contributed by atoms with van der Waals surface area (Å²) in [6, 6.07) is 5.35. The SMILES string of the molecule is CCC(C)=NNC(=O)c1ccc([N+](=O)[O-])cc1. The highest BCUT2D eigenvalue weighted by molar-refractivity contribution is 5.95. The van der Waals surface area contributed by atoms with Gasteiger partial charge >= 0.3 is 0 Å². The summed E-state index contributed by atoms with van der Waals surface area (Å²) >= 11 is 0. The maximum atomic E-state index is 11.6. The summed E-state index contributed by atoms with van der Waals surface area (Å²) in [6.07, 6.45) is 0.751. The van der Waals surface area contributed by atoms with E-state index < -0.39 is 4.92 Å². The first-order valence-corrected chi connectivity index (χ1v) is 5.12. The first-order chi connectivity index (χ1) is 8.04. The second-order valence-corrected chi connectivity index (χ2v) is 3.45. The molecule has 1 rings (SSSR count). The molecule has 0 atom stereocenters. The van der Waals surface area contributed by atoms with E-state index in [1.165, 1.54) is 24.3 Å². The van der Waals surface area contributed by atoms with Gasteiger partial charge in [-0.05, 0) is 25.5 Å². The molecular formula is C11H13N3O3. The van der Waals surface area contributed by atoms with Crippen LogP contribution in [0, 0.1) is 10.1 Å². The lowest BCUT2D eigenvalue weighted by molar-refractivity contribution is -0.384. The molecule has 0 saturated heterocycles. The normalized spacial score (nSPS) is 11.1. The average Bonchev–Trinajstić information content (AvgIpc) is 2.35. The molecule has 17 heavy (non-hydrogen) atoms. The van der Waals surface area contributed by atoms with Crippen LogP contribution in [0.1, 0.15) is 30.6 Å². The summed E-state index contributed by atoms with van der Waals surface area (Å²) in [7, 11) is 0. The van der Waals surface area contributed by atoms with Crippen molar-refractivity contribution in [2.24, 2.45) is 5.10 Å². The first kappa shape index (κ1) is 12.8. The van der Waals surface area contributed by atoms with Crippen LogP contribution in [0.4, 0.5) is 5.69 Å². The number of hydrogen-bond acceptors (Lipinski definition) is 4. The zero-order valence-corrected chi connectivity index (χ0v) is 9.64. The molecule has 0 bridgehead atoms. The number of carbonyl (C=O) groups is 1. The number of hydrogen-bond donors (Lipinski definition) is 1. The first-order valence-electron chi connectivity index (χ1n) is 5.12. The van der Waals surface area contributed by atoms with E-state index >= 15 is 0 Å². The van der Waals surface area contributed by atoms with Gasteiger partial charge in [0, 0.05) is 23.4 Å². The van der Waals surface area contributed by atoms with Gasteiger partial charge in [-0.25, -0.2) is 5.43 Å². The van der Waals surface area contributed by atoms with Crippen LogP contribution in [-0.2, 0) is 0 Å². The molecule has 0 spiro atoms. The zero-order valence-electron chi connectivity index (χ0n) is 9.64. The third-order valence-electron chi connectivity index (χ3n) is 2.20. The third-order valence-corrected chi connectivity index (χ3v) is 2.20. The Morgan fingerprint density at radius 2 is 2.00 bits per heavy atom. The summed E-state index contributed by atoms with van der Waals surface area (Å²) in [5.74, 6) is -0.382. The van der Waals surface area contributed by atoms with E-state index in [9.17, 15) is 14.9 Å². The Morgan fingerprint density at radius 1 is 1.41 bits per heavy atom. The van der Waals surface area contributed by atoms with Crippen molar-refractivity contribution in [2.75, 3.05) is 0 Å². The van der Waals surface area contributed by atoms with Crippen molar-refractivity contribution in [1.29, 1.82) is 0 Å². The maximum Gasteiger partial charge on any atom is 0.271 e. The fourth-order valence-electron chi connectivity index (χ4n) is 1.02. The smallest absolute Gasteiger partial charge is 0.267 e. The summed E-state index contributed by atoms with van der Waals surface area (Å²) < 4.78 is 0. The van der Waals surface area contributed by atoms with Gasteiger partial charge in [-0.2, -0.15) is 5.10 Å². The van der Waals surface area contributed by atoms with E-state index in [0.717, 1.165) is 12.1 Å². The highest BCUT2D eigenvalue weighted by Gasteiger charge is 2.08. The highest BCUT2D eigenvalue weighted by atomic mass is 16.6. The van der Waals surface area contributed by atoms with Crippen molar-refractivity contribution in [3.05, 3.63) is 39.9 Å². The zero-order chi connectivity index (χ0) is 12.8. The van der Waals surface area contributed by atoms with Crippen molar-refractivity contribution >= 4 is 17.3 Å². The van der Waals surface area contributed by atoms with Crippen molar-refractivity contribution in [2.45, 2.75) is 20.3 Å². The van der Waals surface area contributed by atoms with Gasteiger partial charge in [0.25, 0.3) is 11.6 Å². The number of amides is 1. The quantitative estimate of drug-likeness (QED) is 0.492. The monoisotopic (exact) mass is 235 g/mol. The molecule has 0 radical (unpaired) electrons. The van der Waals surface area contributed by atoms with Gasteiger partial charge in [-0.1, -0.05) is 6.92 Å². The third kappa shape index (κ3) is 3.67. The minimum absolute atomic E-state index is 0.0465. The number of benzene rings is 1. The second-order valence-electron chi connectivity index (χ2n) is 3.45. The molecule has 0 aliphatic carbocycles. The Balaban J connectivity index is 2.73. The second kappa shape index (κ2) is 5.74. The average molecular weight is 235 g/mol. The molecule has 0 aromatic heterocycles. The van der Waals surface area contributed by atoms with Crippen LogP contribution in [0.5, 0.6) is 0 Å². The van der Waals surface area contributed by atoms with Crippen molar-refractivity contribution in [1.82, 2.24) is 5.43 Å². The molecule has 0 heterocycles.